The molecule has 0 aliphatic carbocycles. The number of anilines is 1. The Hall–Kier alpha value is -3.00. The second-order valence-electron chi connectivity index (χ2n) is 6.35. The van der Waals surface area contributed by atoms with Gasteiger partial charge in [-0.2, -0.15) is 0 Å². The highest BCUT2D eigenvalue weighted by Gasteiger charge is 2.14. The van der Waals surface area contributed by atoms with Crippen molar-refractivity contribution in [1.82, 2.24) is 10.2 Å². The lowest BCUT2D eigenvalue weighted by Crippen LogP contribution is -2.12. The average Bonchev–Trinajstić information content (AvgIpc) is 3.04. The van der Waals surface area contributed by atoms with Crippen molar-refractivity contribution in [2.45, 2.75) is 25.2 Å². The zero-order valence-electron chi connectivity index (χ0n) is 15.2. The summed E-state index contributed by atoms with van der Waals surface area (Å²) in [5, 5.41) is 10.3. The fraction of sp³-hybridized carbons (Fsp3) is 0.211. The smallest absolute Gasteiger partial charge is 0.322 e. The number of aromatic nitrogens is 2. The number of hydrogen-bond acceptors (Lipinski definition) is 6. The summed E-state index contributed by atoms with van der Waals surface area (Å²) in [6, 6.07) is 11.7. The second kappa shape index (κ2) is 7.32. The minimum atomic E-state index is -3.31. The van der Waals surface area contributed by atoms with E-state index >= 15 is 0 Å². The van der Waals surface area contributed by atoms with Crippen LogP contribution in [0, 0.1) is 13.8 Å². The van der Waals surface area contributed by atoms with Gasteiger partial charge in [-0.05, 0) is 54.8 Å². The average molecular weight is 385 g/mol. The van der Waals surface area contributed by atoms with Gasteiger partial charge < -0.3 is 4.42 Å². The Morgan fingerprint density at radius 1 is 1.04 bits per heavy atom. The molecule has 3 rings (SSSR count). The molecule has 3 aromatic rings. The SMILES string of the molecule is Cc1ccc(Cc2nnc(NC(=O)c3ccc(S(C)(=O)=O)cc3)o2)cc1C. The Balaban J connectivity index is 1.68. The molecule has 0 unspecified atom stereocenters. The van der Waals surface area contributed by atoms with Gasteiger partial charge in [0.05, 0.1) is 11.3 Å². The first kappa shape index (κ1) is 18.8. The molecule has 27 heavy (non-hydrogen) atoms. The molecule has 0 bridgehead atoms. The number of nitrogens with zero attached hydrogens (tertiary/aromatic N) is 2. The molecule has 1 amide bonds. The maximum atomic E-state index is 12.2. The molecular weight excluding hydrogens is 366 g/mol. The maximum Gasteiger partial charge on any atom is 0.322 e. The van der Waals surface area contributed by atoms with Gasteiger partial charge in [-0.25, -0.2) is 8.42 Å². The second-order valence-corrected chi connectivity index (χ2v) is 8.36. The third-order valence-corrected chi connectivity index (χ3v) is 5.29. The summed E-state index contributed by atoms with van der Waals surface area (Å²) in [6.45, 7) is 4.08. The van der Waals surface area contributed by atoms with Gasteiger partial charge in [0.15, 0.2) is 9.84 Å². The number of amides is 1. The molecule has 0 saturated heterocycles. The number of rotatable bonds is 5. The standard InChI is InChI=1S/C19H19N3O4S/c1-12-4-5-14(10-13(12)2)11-17-21-22-19(26-17)20-18(23)15-6-8-16(9-7-15)27(3,24)25/h4-10H,11H2,1-3H3,(H,20,22,23). The van der Waals surface area contributed by atoms with E-state index in [0.29, 0.717) is 12.3 Å². The first-order valence-electron chi connectivity index (χ1n) is 8.22. The van der Waals surface area contributed by atoms with E-state index in [9.17, 15) is 13.2 Å². The van der Waals surface area contributed by atoms with E-state index < -0.39 is 15.7 Å². The van der Waals surface area contributed by atoms with Gasteiger partial charge in [-0.15, -0.1) is 5.10 Å². The Kier molecular flexibility index (Phi) is 5.09. The topological polar surface area (TPSA) is 102 Å². The molecular formula is C19H19N3O4S. The lowest BCUT2D eigenvalue weighted by molar-refractivity contribution is 0.102. The van der Waals surface area contributed by atoms with Crippen LogP contribution in [0.25, 0.3) is 0 Å². The van der Waals surface area contributed by atoms with Crippen LogP contribution in [0.2, 0.25) is 0 Å². The van der Waals surface area contributed by atoms with Crippen molar-refractivity contribution >= 4 is 21.8 Å². The van der Waals surface area contributed by atoms with Gasteiger partial charge >= 0.3 is 6.01 Å². The van der Waals surface area contributed by atoms with Crippen molar-refractivity contribution < 1.29 is 17.6 Å². The van der Waals surface area contributed by atoms with E-state index in [4.69, 9.17) is 4.42 Å². The van der Waals surface area contributed by atoms with Gasteiger partial charge in [0, 0.05) is 11.8 Å². The normalized spacial score (nSPS) is 11.4. The summed E-state index contributed by atoms with van der Waals surface area (Å²) < 4.78 is 28.4. The summed E-state index contributed by atoms with van der Waals surface area (Å²) in [5.74, 6) is -0.0718. The molecule has 0 spiro atoms. The Bertz CT molecular complexity index is 1090. The Morgan fingerprint density at radius 3 is 2.37 bits per heavy atom. The fourth-order valence-electron chi connectivity index (χ4n) is 2.49. The van der Waals surface area contributed by atoms with E-state index in [1.165, 1.54) is 35.4 Å². The van der Waals surface area contributed by atoms with Crippen LogP contribution in [0.5, 0.6) is 0 Å². The van der Waals surface area contributed by atoms with Crippen molar-refractivity contribution in [2.24, 2.45) is 0 Å². The first-order valence-corrected chi connectivity index (χ1v) is 10.1. The molecule has 0 fully saturated rings. The van der Waals surface area contributed by atoms with E-state index in [0.717, 1.165) is 11.8 Å². The molecule has 8 heteroatoms. The fourth-order valence-corrected chi connectivity index (χ4v) is 3.12. The number of benzene rings is 2. The summed E-state index contributed by atoms with van der Waals surface area (Å²) in [5.41, 5.74) is 3.71. The van der Waals surface area contributed by atoms with Crippen molar-refractivity contribution in [3.05, 3.63) is 70.6 Å². The van der Waals surface area contributed by atoms with Crippen LogP contribution in [0.15, 0.2) is 51.8 Å². The van der Waals surface area contributed by atoms with Crippen LogP contribution in [-0.4, -0.2) is 30.8 Å². The minimum absolute atomic E-state index is 0.00831. The van der Waals surface area contributed by atoms with Gasteiger partial charge in [-0.1, -0.05) is 23.3 Å². The zero-order valence-corrected chi connectivity index (χ0v) is 16.0. The van der Waals surface area contributed by atoms with Crippen LogP contribution in [0.1, 0.15) is 32.9 Å². The highest BCUT2D eigenvalue weighted by atomic mass is 32.2. The summed E-state index contributed by atoms with van der Waals surface area (Å²) in [6.07, 6.45) is 1.57. The van der Waals surface area contributed by atoms with Crippen LogP contribution >= 0.6 is 0 Å². The quantitative estimate of drug-likeness (QED) is 0.724. The molecule has 1 N–H and O–H groups in total. The number of hydrogen-bond donors (Lipinski definition) is 1. The molecule has 0 aliphatic rings. The largest absolute Gasteiger partial charge is 0.407 e. The highest BCUT2D eigenvalue weighted by Crippen LogP contribution is 2.16. The van der Waals surface area contributed by atoms with Crippen molar-refractivity contribution in [1.29, 1.82) is 0 Å². The summed E-state index contributed by atoms with van der Waals surface area (Å²) >= 11 is 0. The van der Waals surface area contributed by atoms with Crippen molar-refractivity contribution in [3.8, 4) is 0 Å². The number of carbonyl (C=O) groups excluding carboxylic acids is 1. The van der Waals surface area contributed by atoms with Crippen LogP contribution in [0.3, 0.4) is 0 Å². The number of aryl methyl sites for hydroxylation is 2. The monoisotopic (exact) mass is 385 g/mol. The van der Waals surface area contributed by atoms with Crippen LogP contribution < -0.4 is 5.32 Å². The molecule has 0 aliphatic heterocycles. The van der Waals surface area contributed by atoms with Crippen molar-refractivity contribution in [2.75, 3.05) is 11.6 Å². The molecule has 7 nitrogen and oxygen atoms in total. The number of nitrogens with one attached hydrogen (secondary N) is 1. The number of carbonyl (C=O) groups is 1. The van der Waals surface area contributed by atoms with E-state index in [1.54, 1.807) is 0 Å². The molecule has 2 aromatic carbocycles. The minimum Gasteiger partial charge on any atom is -0.407 e. The van der Waals surface area contributed by atoms with Gasteiger partial charge in [0.1, 0.15) is 0 Å². The van der Waals surface area contributed by atoms with E-state index in [-0.39, 0.29) is 16.5 Å². The molecule has 0 atom stereocenters. The third kappa shape index (κ3) is 4.59. The van der Waals surface area contributed by atoms with Crippen molar-refractivity contribution in [3.63, 3.8) is 0 Å². The van der Waals surface area contributed by atoms with E-state index in [1.807, 2.05) is 26.0 Å². The number of sulfone groups is 1. The van der Waals surface area contributed by atoms with Gasteiger partial charge in [-0.3, -0.25) is 10.1 Å². The lowest BCUT2D eigenvalue weighted by Gasteiger charge is -2.03. The van der Waals surface area contributed by atoms with Crippen LogP contribution in [0.4, 0.5) is 6.01 Å². The predicted molar refractivity (Wildman–Crippen MR) is 101 cm³/mol. The Labute approximate surface area is 157 Å². The molecule has 0 saturated carbocycles. The van der Waals surface area contributed by atoms with Gasteiger partial charge in [0.2, 0.25) is 5.89 Å². The molecule has 140 valence electrons. The van der Waals surface area contributed by atoms with Gasteiger partial charge in [0.25, 0.3) is 5.91 Å². The summed E-state index contributed by atoms with van der Waals surface area (Å²) in [4.78, 5) is 12.4. The summed E-state index contributed by atoms with van der Waals surface area (Å²) in [7, 11) is -3.31. The maximum absolute atomic E-state index is 12.2. The zero-order chi connectivity index (χ0) is 19.6. The molecule has 1 heterocycles. The predicted octanol–water partition coefficient (Wildman–Crippen LogP) is 2.93. The lowest BCUT2D eigenvalue weighted by atomic mass is 10.0. The van der Waals surface area contributed by atoms with E-state index in [2.05, 4.69) is 21.6 Å². The first-order chi connectivity index (χ1) is 12.7. The third-order valence-electron chi connectivity index (χ3n) is 4.16. The van der Waals surface area contributed by atoms with Crippen LogP contribution in [-0.2, 0) is 16.3 Å². The molecule has 1 aromatic heterocycles. The Morgan fingerprint density at radius 2 is 1.74 bits per heavy atom. The molecule has 0 radical (unpaired) electrons. The highest BCUT2D eigenvalue weighted by molar-refractivity contribution is 7.90.